The number of amides is 1. The van der Waals surface area contributed by atoms with Gasteiger partial charge in [-0.15, -0.1) is 11.3 Å². The largest absolute Gasteiger partial charge is 0.321 e. The molecule has 0 unspecified atom stereocenters. The fourth-order valence-corrected chi connectivity index (χ4v) is 4.79. The van der Waals surface area contributed by atoms with E-state index in [2.05, 4.69) is 10.3 Å². The van der Waals surface area contributed by atoms with Crippen molar-refractivity contribution in [3.8, 4) is 0 Å². The van der Waals surface area contributed by atoms with Gasteiger partial charge in [0, 0.05) is 5.69 Å². The number of aryl methyl sites for hydroxylation is 1. The molecule has 0 aliphatic carbocycles. The van der Waals surface area contributed by atoms with E-state index in [1.54, 1.807) is 4.40 Å². The second-order valence-electron chi connectivity index (χ2n) is 5.67. The van der Waals surface area contributed by atoms with Crippen molar-refractivity contribution < 1.29 is 4.79 Å². The molecule has 0 aliphatic heterocycles. The molecule has 5 nitrogen and oxygen atoms in total. The molecule has 25 heavy (non-hydrogen) atoms. The fraction of sp³-hybridized carbons (Fsp3) is 0.118. The smallest absolute Gasteiger partial charge is 0.269 e. The van der Waals surface area contributed by atoms with Gasteiger partial charge in [-0.25, -0.2) is 0 Å². The maximum atomic E-state index is 12.8. The van der Waals surface area contributed by atoms with Gasteiger partial charge < -0.3 is 10.3 Å². The highest BCUT2D eigenvalue weighted by Crippen LogP contribution is 2.26. The number of aromatic amines is 1. The lowest BCUT2D eigenvalue weighted by Crippen LogP contribution is -2.15. The Bertz CT molecular complexity index is 1260. The highest BCUT2D eigenvalue weighted by Gasteiger charge is 2.19. The number of rotatable bonds is 2. The van der Waals surface area contributed by atoms with E-state index in [1.807, 2.05) is 43.5 Å². The van der Waals surface area contributed by atoms with Gasteiger partial charge in [0.1, 0.15) is 15.2 Å². The molecule has 0 bridgehead atoms. The SMILES string of the molecule is Cc1cccc(NC(=O)c2sc(=S)n3c2[nH]c(=O)c2sccc23)c1C. The lowest BCUT2D eigenvalue weighted by molar-refractivity contribution is 0.103. The number of carbonyl (C=O) groups excluding carboxylic acids is 1. The minimum atomic E-state index is -0.280. The monoisotopic (exact) mass is 387 g/mol. The van der Waals surface area contributed by atoms with Crippen LogP contribution in [0.4, 0.5) is 5.69 Å². The van der Waals surface area contributed by atoms with Crippen molar-refractivity contribution >= 4 is 62.3 Å². The van der Waals surface area contributed by atoms with Gasteiger partial charge in [-0.1, -0.05) is 23.5 Å². The van der Waals surface area contributed by atoms with E-state index in [4.69, 9.17) is 12.2 Å². The molecule has 8 heteroatoms. The second-order valence-corrected chi connectivity index (χ2v) is 8.23. The van der Waals surface area contributed by atoms with Gasteiger partial charge in [0.2, 0.25) is 0 Å². The van der Waals surface area contributed by atoms with Crippen LogP contribution in [0.25, 0.3) is 15.9 Å². The lowest BCUT2D eigenvalue weighted by Gasteiger charge is -2.09. The predicted molar refractivity (Wildman–Crippen MR) is 106 cm³/mol. The number of benzene rings is 1. The average molecular weight is 388 g/mol. The molecular formula is C17H13N3O2S3. The Hall–Kier alpha value is -2.29. The van der Waals surface area contributed by atoms with Crippen molar-refractivity contribution in [1.29, 1.82) is 0 Å². The van der Waals surface area contributed by atoms with Crippen molar-refractivity contribution in [3.63, 3.8) is 0 Å². The molecule has 3 heterocycles. The maximum absolute atomic E-state index is 12.8. The van der Waals surface area contributed by atoms with Gasteiger partial charge in [0.25, 0.3) is 11.5 Å². The van der Waals surface area contributed by atoms with Crippen LogP contribution in [-0.2, 0) is 0 Å². The summed E-state index contributed by atoms with van der Waals surface area (Å²) in [6.07, 6.45) is 0. The highest BCUT2D eigenvalue weighted by atomic mass is 32.1. The number of carbonyl (C=O) groups is 1. The Morgan fingerprint density at radius 1 is 1.28 bits per heavy atom. The third kappa shape index (κ3) is 2.53. The molecule has 2 N–H and O–H groups in total. The summed E-state index contributed by atoms with van der Waals surface area (Å²) in [6.45, 7) is 3.95. The van der Waals surface area contributed by atoms with Crippen molar-refractivity contribution in [1.82, 2.24) is 9.38 Å². The van der Waals surface area contributed by atoms with Crippen molar-refractivity contribution in [2.24, 2.45) is 0 Å². The molecule has 0 fully saturated rings. The third-order valence-electron chi connectivity index (χ3n) is 4.19. The highest BCUT2D eigenvalue weighted by molar-refractivity contribution is 7.73. The Kier molecular flexibility index (Phi) is 3.82. The number of thiophene rings is 1. The van der Waals surface area contributed by atoms with Gasteiger partial charge in [-0.3, -0.25) is 14.0 Å². The van der Waals surface area contributed by atoms with E-state index < -0.39 is 0 Å². The van der Waals surface area contributed by atoms with Crippen LogP contribution in [-0.4, -0.2) is 15.3 Å². The average Bonchev–Trinajstić information content (AvgIpc) is 3.17. The number of hydrogen-bond donors (Lipinski definition) is 2. The van der Waals surface area contributed by atoms with Crippen LogP contribution in [0.3, 0.4) is 0 Å². The zero-order valence-electron chi connectivity index (χ0n) is 13.4. The number of fused-ring (bicyclic) bond motifs is 3. The fourth-order valence-electron chi connectivity index (χ4n) is 2.74. The number of nitrogens with zero attached hydrogens (tertiary/aromatic N) is 1. The summed E-state index contributed by atoms with van der Waals surface area (Å²) in [5, 5.41) is 4.77. The normalized spacial score (nSPS) is 11.3. The summed E-state index contributed by atoms with van der Waals surface area (Å²) in [6, 6.07) is 7.59. The number of aromatic nitrogens is 2. The number of H-pyrrole nitrogens is 1. The van der Waals surface area contributed by atoms with Crippen molar-refractivity contribution in [2.45, 2.75) is 13.8 Å². The van der Waals surface area contributed by atoms with E-state index in [0.717, 1.165) is 22.3 Å². The topological polar surface area (TPSA) is 66.4 Å². The van der Waals surface area contributed by atoms with Gasteiger partial charge in [0.05, 0.1) is 5.52 Å². The minimum Gasteiger partial charge on any atom is -0.321 e. The molecule has 0 saturated carbocycles. The van der Waals surface area contributed by atoms with Crippen LogP contribution >= 0.6 is 34.9 Å². The molecule has 0 atom stereocenters. The van der Waals surface area contributed by atoms with Crippen LogP contribution in [0.1, 0.15) is 20.8 Å². The van der Waals surface area contributed by atoms with E-state index >= 15 is 0 Å². The first-order valence-corrected chi connectivity index (χ1v) is 9.60. The van der Waals surface area contributed by atoms with E-state index in [0.29, 0.717) is 19.2 Å². The molecule has 1 amide bonds. The zero-order chi connectivity index (χ0) is 17.7. The zero-order valence-corrected chi connectivity index (χ0v) is 15.8. The van der Waals surface area contributed by atoms with Crippen LogP contribution in [0.2, 0.25) is 0 Å². The minimum absolute atomic E-state index is 0.210. The molecule has 126 valence electrons. The number of thiazole rings is 1. The maximum Gasteiger partial charge on any atom is 0.269 e. The molecule has 0 saturated heterocycles. The van der Waals surface area contributed by atoms with Crippen molar-refractivity contribution in [2.75, 3.05) is 5.32 Å². The molecule has 0 aliphatic rings. The summed E-state index contributed by atoms with van der Waals surface area (Å²) >= 11 is 7.97. The lowest BCUT2D eigenvalue weighted by atomic mass is 10.1. The van der Waals surface area contributed by atoms with E-state index in [1.165, 1.54) is 22.7 Å². The summed E-state index contributed by atoms with van der Waals surface area (Å²) in [4.78, 5) is 28.3. The molecule has 3 aromatic heterocycles. The van der Waals surface area contributed by atoms with Gasteiger partial charge in [-0.05, 0) is 54.7 Å². The summed E-state index contributed by atoms with van der Waals surface area (Å²) < 4.78 is 2.88. The Morgan fingerprint density at radius 3 is 2.88 bits per heavy atom. The Balaban J connectivity index is 1.88. The van der Waals surface area contributed by atoms with Gasteiger partial charge in [0.15, 0.2) is 3.95 Å². The van der Waals surface area contributed by atoms with Crippen molar-refractivity contribution in [3.05, 3.63) is 60.0 Å². The number of anilines is 1. The Morgan fingerprint density at radius 2 is 2.08 bits per heavy atom. The van der Waals surface area contributed by atoms with Crippen LogP contribution in [0.15, 0.2) is 34.4 Å². The van der Waals surface area contributed by atoms with E-state index in [-0.39, 0.29) is 11.5 Å². The molecule has 0 radical (unpaired) electrons. The Labute approximate surface area is 155 Å². The predicted octanol–water partition coefficient (Wildman–Crippen LogP) is 4.50. The summed E-state index contributed by atoms with van der Waals surface area (Å²) in [5.41, 5.74) is 3.82. The molecule has 1 aromatic carbocycles. The standard InChI is InChI=1S/C17H13N3O2S3/c1-8-4-3-5-10(9(8)2)18-16(22)13-14-19-15(21)12-11(6-7-24-12)20(14)17(23)25-13/h3-7H,1-2H3,(H,18,22)(H,19,21). The van der Waals surface area contributed by atoms with E-state index in [9.17, 15) is 9.59 Å². The van der Waals surface area contributed by atoms with Crippen LogP contribution < -0.4 is 10.9 Å². The molecular weight excluding hydrogens is 374 g/mol. The van der Waals surface area contributed by atoms with Gasteiger partial charge in [-0.2, -0.15) is 0 Å². The molecule has 0 spiro atoms. The van der Waals surface area contributed by atoms with Crippen LogP contribution in [0.5, 0.6) is 0 Å². The molecule has 4 aromatic rings. The number of hydrogen-bond acceptors (Lipinski definition) is 5. The quantitative estimate of drug-likeness (QED) is 0.498. The first kappa shape index (κ1) is 16.2. The third-order valence-corrected chi connectivity index (χ3v) is 6.47. The second kappa shape index (κ2) is 5.91. The number of nitrogens with one attached hydrogen (secondary N) is 2. The first-order chi connectivity index (χ1) is 12.0. The molecule has 4 rings (SSSR count). The summed E-state index contributed by atoms with van der Waals surface area (Å²) in [7, 11) is 0. The summed E-state index contributed by atoms with van der Waals surface area (Å²) in [5.74, 6) is -0.280. The first-order valence-electron chi connectivity index (χ1n) is 7.50. The van der Waals surface area contributed by atoms with Gasteiger partial charge >= 0.3 is 0 Å². The van der Waals surface area contributed by atoms with Crippen LogP contribution in [0, 0.1) is 17.8 Å².